The standard InChI is InChI=1S/C11H19N3O/c1-11(2,15-4)8-14-9-5-6-13-10(7-9)12-3/h5-7H,8H2,1-4H3,(H2,12,13,14). The third kappa shape index (κ3) is 3.75. The van der Waals surface area contributed by atoms with Gasteiger partial charge < -0.3 is 15.4 Å². The number of anilines is 2. The normalized spacial score (nSPS) is 11.2. The smallest absolute Gasteiger partial charge is 0.127 e. The summed E-state index contributed by atoms with van der Waals surface area (Å²) in [6.07, 6.45) is 1.77. The average Bonchev–Trinajstić information content (AvgIpc) is 2.27. The van der Waals surface area contributed by atoms with Crippen molar-refractivity contribution in [1.82, 2.24) is 4.98 Å². The molecule has 0 bridgehead atoms. The highest BCUT2D eigenvalue weighted by atomic mass is 16.5. The lowest BCUT2D eigenvalue weighted by Gasteiger charge is -2.23. The summed E-state index contributed by atoms with van der Waals surface area (Å²) in [5.74, 6) is 0.857. The second-order valence-corrected chi connectivity index (χ2v) is 4.00. The van der Waals surface area contributed by atoms with Gasteiger partial charge in [-0.3, -0.25) is 0 Å². The highest BCUT2D eigenvalue weighted by molar-refractivity contribution is 5.51. The summed E-state index contributed by atoms with van der Waals surface area (Å²) < 4.78 is 5.32. The monoisotopic (exact) mass is 209 g/mol. The van der Waals surface area contributed by atoms with Crippen LogP contribution in [0.3, 0.4) is 0 Å². The van der Waals surface area contributed by atoms with Crippen molar-refractivity contribution >= 4 is 11.5 Å². The van der Waals surface area contributed by atoms with Crippen molar-refractivity contribution in [3.63, 3.8) is 0 Å². The summed E-state index contributed by atoms with van der Waals surface area (Å²) in [5.41, 5.74) is 0.878. The Bertz CT molecular complexity index is 312. The van der Waals surface area contributed by atoms with E-state index in [1.165, 1.54) is 0 Å². The van der Waals surface area contributed by atoms with Gasteiger partial charge in [0.25, 0.3) is 0 Å². The third-order valence-corrected chi connectivity index (χ3v) is 2.29. The van der Waals surface area contributed by atoms with Crippen LogP contribution in [-0.2, 0) is 4.74 Å². The van der Waals surface area contributed by atoms with Crippen LogP contribution in [0.15, 0.2) is 18.3 Å². The maximum absolute atomic E-state index is 5.32. The van der Waals surface area contributed by atoms with Crippen LogP contribution in [0.5, 0.6) is 0 Å². The van der Waals surface area contributed by atoms with Gasteiger partial charge in [-0.1, -0.05) is 0 Å². The second kappa shape index (κ2) is 4.98. The van der Waals surface area contributed by atoms with Gasteiger partial charge in [-0.15, -0.1) is 0 Å². The zero-order valence-corrected chi connectivity index (χ0v) is 9.79. The zero-order chi connectivity index (χ0) is 11.3. The predicted octanol–water partition coefficient (Wildman–Crippen LogP) is 1.96. The maximum Gasteiger partial charge on any atom is 0.127 e. The molecule has 0 saturated carbocycles. The lowest BCUT2D eigenvalue weighted by Crippen LogP contribution is -2.32. The highest BCUT2D eigenvalue weighted by Crippen LogP contribution is 2.14. The second-order valence-electron chi connectivity index (χ2n) is 4.00. The van der Waals surface area contributed by atoms with Crippen LogP contribution in [0.25, 0.3) is 0 Å². The van der Waals surface area contributed by atoms with E-state index in [4.69, 9.17) is 4.74 Å². The van der Waals surface area contributed by atoms with Gasteiger partial charge in [-0.05, 0) is 19.9 Å². The van der Waals surface area contributed by atoms with Gasteiger partial charge in [0, 0.05) is 38.7 Å². The Morgan fingerprint density at radius 2 is 2.20 bits per heavy atom. The Morgan fingerprint density at radius 1 is 1.47 bits per heavy atom. The van der Waals surface area contributed by atoms with Gasteiger partial charge in [-0.25, -0.2) is 4.98 Å². The highest BCUT2D eigenvalue weighted by Gasteiger charge is 2.15. The molecule has 0 radical (unpaired) electrons. The fraction of sp³-hybridized carbons (Fsp3) is 0.545. The van der Waals surface area contributed by atoms with E-state index in [2.05, 4.69) is 15.6 Å². The molecule has 84 valence electrons. The molecule has 0 aliphatic carbocycles. The van der Waals surface area contributed by atoms with Crippen molar-refractivity contribution in [3.8, 4) is 0 Å². The first kappa shape index (κ1) is 11.8. The summed E-state index contributed by atoms with van der Waals surface area (Å²) in [5, 5.41) is 6.30. The predicted molar refractivity (Wildman–Crippen MR) is 63.4 cm³/mol. The van der Waals surface area contributed by atoms with Crippen molar-refractivity contribution in [2.75, 3.05) is 31.3 Å². The first-order valence-electron chi connectivity index (χ1n) is 5.00. The van der Waals surface area contributed by atoms with E-state index in [1.54, 1.807) is 13.3 Å². The number of nitrogens with one attached hydrogen (secondary N) is 2. The molecule has 15 heavy (non-hydrogen) atoms. The topological polar surface area (TPSA) is 46.2 Å². The lowest BCUT2D eigenvalue weighted by molar-refractivity contribution is 0.0344. The molecule has 1 aromatic rings. The van der Waals surface area contributed by atoms with E-state index in [9.17, 15) is 0 Å². The number of methoxy groups -OCH3 is 1. The Labute approximate surface area is 91.1 Å². The molecular weight excluding hydrogens is 190 g/mol. The van der Waals surface area contributed by atoms with Crippen LogP contribution in [0.1, 0.15) is 13.8 Å². The summed E-state index contributed by atoms with van der Waals surface area (Å²) in [4.78, 5) is 4.14. The van der Waals surface area contributed by atoms with Crippen molar-refractivity contribution in [2.24, 2.45) is 0 Å². The Hall–Kier alpha value is -1.29. The van der Waals surface area contributed by atoms with Gasteiger partial charge in [0.05, 0.1) is 5.60 Å². The number of hydrogen-bond donors (Lipinski definition) is 2. The Balaban J connectivity index is 2.57. The quantitative estimate of drug-likeness (QED) is 0.778. The number of rotatable bonds is 5. The molecule has 0 atom stereocenters. The molecule has 2 N–H and O–H groups in total. The summed E-state index contributed by atoms with van der Waals surface area (Å²) >= 11 is 0. The molecule has 0 saturated heterocycles. The van der Waals surface area contributed by atoms with Gasteiger partial charge in [0.15, 0.2) is 0 Å². The van der Waals surface area contributed by atoms with E-state index in [-0.39, 0.29) is 5.60 Å². The van der Waals surface area contributed by atoms with Gasteiger partial charge in [-0.2, -0.15) is 0 Å². The fourth-order valence-electron chi connectivity index (χ4n) is 1.06. The number of ether oxygens (including phenoxy) is 1. The molecule has 1 heterocycles. The zero-order valence-electron chi connectivity index (χ0n) is 9.79. The van der Waals surface area contributed by atoms with Crippen LogP contribution in [0, 0.1) is 0 Å². The van der Waals surface area contributed by atoms with Crippen LogP contribution < -0.4 is 10.6 Å². The first-order valence-corrected chi connectivity index (χ1v) is 5.00. The van der Waals surface area contributed by atoms with Gasteiger partial charge in [0.2, 0.25) is 0 Å². The van der Waals surface area contributed by atoms with Crippen LogP contribution in [0.2, 0.25) is 0 Å². The number of hydrogen-bond acceptors (Lipinski definition) is 4. The van der Waals surface area contributed by atoms with E-state index in [1.807, 2.05) is 33.0 Å². The molecule has 1 aromatic heterocycles. The average molecular weight is 209 g/mol. The first-order chi connectivity index (χ1) is 7.07. The largest absolute Gasteiger partial charge is 0.382 e. The van der Waals surface area contributed by atoms with Crippen LogP contribution in [-0.4, -0.2) is 31.3 Å². The molecule has 4 nitrogen and oxygen atoms in total. The minimum absolute atomic E-state index is 0.164. The molecule has 0 unspecified atom stereocenters. The van der Waals surface area contributed by atoms with Crippen molar-refractivity contribution < 1.29 is 4.74 Å². The summed E-state index contributed by atoms with van der Waals surface area (Å²) in [6.45, 7) is 4.84. The molecule has 4 heteroatoms. The molecule has 1 rings (SSSR count). The molecular formula is C11H19N3O. The Morgan fingerprint density at radius 3 is 2.80 bits per heavy atom. The summed E-state index contributed by atoms with van der Waals surface area (Å²) in [7, 11) is 3.57. The summed E-state index contributed by atoms with van der Waals surface area (Å²) in [6, 6.07) is 3.90. The number of nitrogens with zero attached hydrogens (tertiary/aromatic N) is 1. The van der Waals surface area contributed by atoms with Crippen molar-refractivity contribution in [3.05, 3.63) is 18.3 Å². The minimum Gasteiger partial charge on any atom is -0.382 e. The fourth-order valence-corrected chi connectivity index (χ4v) is 1.06. The van der Waals surface area contributed by atoms with Gasteiger partial charge >= 0.3 is 0 Å². The molecule has 0 amide bonds. The molecule has 0 aliphatic heterocycles. The molecule has 0 aromatic carbocycles. The van der Waals surface area contributed by atoms with Crippen molar-refractivity contribution in [2.45, 2.75) is 19.4 Å². The number of pyridine rings is 1. The molecule has 0 aliphatic rings. The number of aromatic nitrogens is 1. The lowest BCUT2D eigenvalue weighted by atomic mass is 10.1. The SMILES string of the molecule is CNc1cc(NCC(C)(C)OC)ccn1. The van der Waals surface area contributed by atoms with E-state index < -0.39 is 0 Å². The van der Waals surface area contributed by atoms with Gasteiger partial charge in [0.1, 0.15) is 5.82 Å². The third-order valence-electron chi connectivity index (χ3n) is 2.29. The molecule has 0 fully saturated rings. The van der Waals surface area contributed by atoms with E-state index in [0.717, 1.165) is 18.1 Å². The van der Waals surface area contributed by atoms with E-state index >= 15 is 0 Å². The van der Waals surface area contributed by atoms with Crippen molar-refractivity contribution in [1.29, 1.82) is 0 Å². The minimum atomic E-state index is -0.164. The van der Waals surface area contributed by atoms with E-state index in [0.29, 0.717) is 0 Å². The van der Waals surface area contributed by atoms with Crippen LogP contribution in [0.4, 0.5) is 11.5 Å². The molecule has 0 spiro atoms. The Kier molecular flexibility index (Phi) is 3.91. The van der Waals surface area contributed by atoms with Crippen LogP contribution >= 0.6 is 0 Å². The maximum atomic E-state index is 5.32.